The van der Waals surface area contributed by atoms with E-state index < -0.39 is 5.97 Å². The molecule has 0 aliphatic carbocycles. The van der Waals surface area contributed by atoms with Gasteiger partial charge < -0.3 is 9.84 Å². The molecule has 0 saturated heterocycles. The third-order valence-electron chi connectivity index (χ3n) is 5.29. The summed E-state index contributed by atoms with van der Waals surface area (Å²) in [6.45, 7) is 3.94. The normalized spacial score (nSPS) is 14.4. The highest BCUT2D eigenvalue weighted by Gasteiger charge is 2.25. The van der Waals surface area contributed by atoms with Gasteiger partial charge in [-0.15, -0.1) is 0 Å². The maximum atomic E-state index is 11.0. The van der Waals surface area contributed by atoms with Gasteiger partial charge in [-0.25, -0.2) is 0 Å². The molecular weight excluding hydrogens is 364 g/mol. The lowest BCUT2D eigenvalue weighted by molar-refractivity contribution is -0.138. The molecule has 0 radical (unpaired) electrons. The Hall–Kier alpha value is -3.18. The van der Waals surface area contributed by atoms with Crippen molar-refractivity contribution >= 4 is 5.97 Å². The maximum absolute atomic E-state index is 11.0. The largest absolute Gasteiger partial charge is 0.489 e. The molecule has 1 N–H and O–H groups in total. The van der Waals surface area contributed by atoms with Gasteiger partial charge in [0.25, 0.3) is 0 Å². The van der Waals surface area contributed by atoms with Crippen LogP contribution < -0.4 is 4.74 Å². The fraction of sp³-hybridized carbons (Fsp3) is 0.250. The molecule has 0 fully saturated rings. The Morgan fingerprint density at radius 1 is 1.07 bits per heavy atom. The quantitative estimate of drug-likeness (QED) is 0.645. The molecule has 3 aromatic rings. The van der Waals surface area contributed by atoms with Gasteiger partial charge in [-0.1, -0.05) is 36.4 Å². The molecule has 0 amide bonds. The number of pyridine rings is 1. The van der Waals surface area contributed by atoms with Crippen molar-refractivity contribution in [2.24, 2.45) is 0 Å². The molecule has 148 valence electrons. The monoisotopic (exact) mass is 388 g/mol. The zero-order chi connectivity index (χ0) is 20.2. The van der Waals surface area contributed by atoms with Crippen LogP contribution in [0.1, 0.15) is 30.2 Å². The Balaban J connectivity index is 1.42. The van der Waals surface area contributed by atoms with E-state index >= 15 is 0 Å². The van der Waals surface area contributed by atoms with E-state index in [0.29, 0.717) is 13.2 Å². The van der Waals surface area contributed by atoms with Gasteiger partial charge in [-0.3, -0.25) is 14.7 Å². The molecule has 0 bridgehead atoms. The summed E-state index contributed by atoms with van der Waals surface area (Å²) in [5, 5.41) is 9.03. The average Bonchev–Trinajstić information content (AvgIpc) is 3.16. The summed E-state index contributed by atoms with van der Waals surface area (Å²) in [6.07, 6.45) is 0.144. The lowest BCUT2D eigenvalue weighted by Crippen LogP contribution is -2.30. The van der Waals surface area contributed by atoms with E-state index in [1.54, 1.807) is 0 Å². The minimum atomic E-state index is -0.767. The number of carbonyl (C=O) groups is 1. The third kappa shape index (κ3) is 4.63. The Morgan fingerprint density at radius 2 is 1.83 bits per heavy atom. The summed E-state index contributed by atoms with van der Waals surface area (Å²) < 4.78 is 5.85. The van der Waals surface area contributed by atoms with Crippen molar-refractivity contribution in [2.75, 3.05) is 0 Å². The molecule has 0 spiro atoms. The van der Waals surface area contributed by atoms with Crippen LogP contribution in [-0.4, -0.2) is 27.0 Å². The van der Waals surface area contributed by atoms with Crippen LogP contribution in [0.2, 0.25) is 0 Å². The van der Waals surface area contributed by atoms with E-state index in [-0.39, 0.29) is 12.5 Å². The first-order valence-corrected chi connectivity index (χ1v) is 9.80. The summed E-state index contributed by atoms with van der Waals surface area (Å²) in [5.41, 5.74) is 5.31. The average molecular weight is 388 g/mol. The number of benzene rings is 2. The van der Waals surface area contributed by atoms with Gasteiger partial charge in [-0.2, -0.15) is 0 Å². The Morgan fingerprint density at radius 3 is 2.55 bits per heavy atom. The first-order valence-electron chi connectivity index (χ1n) is 9.80. The number of fused-ring (bicyclic) bond motifs is 1. The number of aromatic nitrogens is 1. The molecule has 1 aliphatic heterocycles. The standard InChI is InChI=1S/C24H24N2O3/c1-17(13-24(27)28)26-14-20-9-12-22(25-23(20)15-26)19-7-10-21(11-8-19)29-16-18-5-3-2-4-6-18/h2-12,17H,13-16H2,1H3,(H,27,28). The highest BCUT2D eigenvalue weighted by atomic mass is 16.5. The molecule has 2 aromatic carbocycles. The second kappa shape index (κ2) is 8.45. The maximum Gasteiger partial charge on any atom is 0.304 e. The number of aliphatic carboxylic acids is 1. The fourth-order valence-corrected chi connectivity index (χ4v) is 3.60. The van der Waals surface area contributed by atoms with E-state index in [0.717, 1.165) is 34.8 Å². The second-order valence-corrected chi connectivity index (χ2v) is 7.45. The summed E-state index contributed by atoms with van der Waals surface area (Å²) in [4.78, 5) is 18.0. The van der Waals surface area contributed by atoms with E-state index in [1.165, 1.54) is 5.56 Å². The SMILES string of the molecule is CC(CC(=O)O)N1Cc2ccc(-c3ccc(OCc4ccccc4)cc3)nc2C1. The summed E-state index contributed by atoms with van der Waals surface area (Å²) in [7, 11) is 0. The molecule has 5 heteroatoms. The van der Waals surface area contributed by atoms with Crippen LogP contribution in [0, 0.1) is 0 Å². The topological polar surface area (TPSA) is 62.7 Å². The van der Waals surface area contributed by atoms with Crippen molar-refractivity contribution in [1.82, 2.24) is 9.88 Å². The first-order chi connectivity index (χ1) is 14.1. The van der Waals surface area contributed by atoms with Crippen molar-refractivity contribution in [3.05, 3.63) is 83.6 Å². The molecule has 2 heterocycles. The zero-order valence-electron chi connectivity index (χ0n) is 16.4. The van der Waals surface area contributed by atoms with Crippen molar-refractivity contribution in [2.45, 2.75) is 39.1 Å². The molecule has 1 unspecified atom stereocenters. The molecular formula is C24H24N2O3. The van der Waals surface area contributed by atoms with Crippen LogP contribution in [0.25, 0.3) is 11.3 Å². The molecule has 5 nitrogen and oxygen atoms in total. The molecule has 1 aromatic heterocycles. The van der Waals surface area contributed by atoms with E-state index in [9.17, 15) is 4.79 Å². The second-order valence-electron chi connectivity index (χ2n) is 7.45. The minimum absolute atomic E-state index is 0.00815. The van der Waals surface area contributed by atoms with Gasteiger partial charge in [0.2, 0.25) is 0 Å². The van der Waals surface area contributed by atoms with Gasteiger partial charge >= 0.3 is 5.97 Å². The van der Waals surface area contributed by atoms with Gasteiger partial charge in [0.05, 0.1) is 17.8 Å². The molecule has 1 atom stereocenters. The minimum Gasteiger partial charge on any atom is -0.489 e. The van der Waals surface area contributed by atoms with E-state index in [1.807, 2.05) is 67.6 Å². The van der Waals surface area contributed by atoms with Gasteiger partial charge in [0.15, 0.2) is 0 Å². The van der Waals surface area contributed by atoms with Crippen LogP contribution in [0.3, 0.4) is 0 Å². The van der Waals surface area contributed by atoms with Crippen LogP contribution >= 0.6 is 0 Å². The predicted octanol–water partition coefficient (Wildman–Crippen LogP) is 4.51. The highest BCUT2D eigenvalue weighted by molar-refractivity contribution is 5.67. The number of carboxylic acid groups (broad SMARTS) is 1. The number of carboxylic acids is 1. The molecule has 29 heavy (non-hydrogen) atoms. The van der Waals surface area contributed by atoms with Crippen molar-refractivity contribution in [3.63, 3.8) is 0 Å². The summed E-state index contributed by atoms with van der Waals surface area (Å²) in [5.74, 6) is 0.0594. The third-order valence-corrected chi connectivity index (χ3v) is 5.29. The summed E-state index contributed by atoms with van der Waals surface area (Å²) >= 11 is 0. The lowest BCUT2D eigenvalue weighted by atomic mass is 10.1. The van der Waals surface area contributed by atoms with Crippen molar-refractivity contribution in [3.8, 4) is 17.0 Å². The van der Waals surface area contributed by atoms with Crippen LogP contribution in [-0.2, 0) is 24.5 Å². The van der Waals surface area contributed by atoms with Crippen LogP contribution in [0.15, 0.2) is 66.7 Å². The van der Waals surface area contributed by atoms with E-state index in [2.05, 4.69) is 11.0 Å². The van der Waals surface area contributed by atoms with Gasteiger partial charge in [0.1, 0.15) is 12.4 Å². The van der Waals surface area contributed by atoms with Gasteiger partial charge in [-0.05, 0) is 48.4 Å². The lowest BCUT2D eigenvalue weighted by Gasteiger charge is -2.21. The van der Waals surface area contributed by atoms with Crippen LogP contribution in [0.5, 0.6) is 5.75 Å². The van der Waals surface area contributed by atoms with Crippen molar-refractivity contribution < 1.29 is 14.6 Å². The zero-order valence-corrected chi connectivity index (χ0v) is 16.4. The molecule has 0 saturated carbocycles. The molecule has 4 rings (SSSR count). The Bertz CT molecular complexity index is 987. The summed E-state index contributed by atoms with van der Waals surface area (Å²) in [6, 6.07) is 22.2. The smallest absolute Gasteiger partial charge is 0.304 e. The Kier molecular flexibility index (Phi) is 5.58. The number of nitrogens with zero attached hydrogens (tertiary/aromatic N) is 2. The van der Waals surface area contributed by atoms with Gasteiger partial charge in [0, 0.05) is 24.7 Å². The number of ether oxygens (including phenoxy) is 1. The number of rotatable bonds is 7. The molecule has 1 aliphatic rings. The van der Waals surface area contributed by atoms with E-state index in [4.69, 9.17) is 14.8 Å². The fourth-order valence-electron chi connectivity index (χ4n) is 3.60. The Labute approximate surface area is 170 Å². The predicted molar refractivity (Wildman–Crippen MR) is 111 cm³/mol. The van der Waals surface area contributed by atoms with Crippen LogP contribution in [0.4, 0.5) is 0 Å². The van der Waals surface area contributed by atoms with Crippen molar-refractivity contribution in [1.29, 1.82) is 0 Å². The highest BCUT2D eigenvalue weighted by Crippen LogP contribution is 2.28. The number of hydrogen-bond donors (Lipinski definition) is 1. The first kappa shape index (κ1) is 19.2. The number of hydrogen-bond acceptors (Lipinski definition) is 4.